The number of amides is 2. The van der Waals surface area contributed by atoms with Gasteiger partial charge in [-0.15, -0.1) is 0 Å². The first-order chi connectivity index (χ1) is 14.2. The fourth-order valence-electron chi connectivity index (χ4n) is 5.36. The maximum absolute atomic E-state index is 13.3. The summed E-state index contributed by atoms with van der Waals surface area (Å²) in [5, 5.41) is 0. The Kier molecular flexibility index (Phi) is 4.97. The van der Waals surface area contributed by atoms with Gasteiger partial charge in [-0.3, -0.25) is 14.6 Å². The van der Waals surface area contributed by atoms with Crippen LogP contribution in [0.5, 0.6) is 0 Å². The van der Waals surface area contributed by atoms with E-state index in [2.05, 4.69) is 9.97 Å². The van der Waals surface area contributed by atoms with Crippen molar-refractivity contribution >= 4 is 22.8 Å². The highest BCUT2D eigenvalue weighted by molar-refractivity contribution is 5.82. The van der Waals surface area contributed by atoms with Crippen molar-refractivity contribution in [3.05, 3.63) is 24.3 Å². The quantitative estimate of drug-likeness (QED) is 0.866. The molecule has 7 nitrogen and oxygen atoms in total. The Hall–Kier alpha value is -2.44. The number of hydrogen-bond donors (Lipinski definition) is 1. The number of aromatic nitrogens is 3. The molecule has 154 valence electrons. The van der Waals surface area contributed by atoms with Crippen LogP contribution in [0.1, 0.15) is 63.2 Å². The van der Waals surface area contributed by atoms with Crippen LogP contribution < -0.4 is 0 Å². The van der Waals surface area contributed by atoms with E-state index in [1.54, 1.807) is 12.4 Å². The molecular weight excluding hydrogens is 366 g/mol. The van der Waals surface area contributed by atoms with Gasteiger partial charge in [-0.2, -0.15) is 0 Å². The molecule has 29 heavy (non-hydrogen) atoms. The van der Waals surface area contributed by atoms with Crippen LogP contribution in [0.25, 0.3) is 11.0 Å². The standard InChI is InChI=1S/C22H29N5O2/c28-21(15-4-1-2-5-15)26-12-8-16(9-13-26)22(29)27-11-3-6-19(27)20-24-17-7-10-23-14-18(17)25-20/h7,10,14-16,19H,1-6,8-9,11-13H2,(H,24,25). The second-order valence-corrected chi connectivity index (χ2v) is 8.79. The number of nitrogens with zero attached hydrogens (tertiary/aromatic N) is 4. The summed E-state index contributed by atoms with van der Waals surface area (Å²) in [4.78, 5) is 42.2. The number of hydrogen-bond acceptors (Lipinski definition) is 4. The minimum absolute atomic E-state index is 0.0213. The van der Waals surface area contributed by atoms with E-state index in [1.165, 1.54) is 12.8 Å². The number of H-pyrrole nitrogens is 1. The van der Waals surface area contributed by atoms with Crippen molar-refractivity contribution in [2.75, 3.05) is 19.6 Å². The van der Waals surface area contributed by atoms with Crippen LogP contribution in [0.3, 0.4) is 0 Å². The van der Waals surface area contributed by atoms with Gasteiger partial charge in [0.2, 0.25) is 11.8 Å². The van der Waals surface area contributed by atoms with Gasteiger partial charge in [0.15, 0.2) is 0 Å². The number of aromatic amines is 1. The summed E-state index contributed by atoms with van der Waals surface area (Å²) in [6.07, 6.45) is 11.5. The predicted molar refractivity (Wildman–Crippen MR) is 109 cm³/mol. The van der Waals surface area contributed by atoms with E-state index in [1.807, 2.05) is 15.9 Å². The highest BCUT2D eigenvalue weighted by Crippen LogP contribution is 2.35. The van der Waals surface area contributed by atoms with E-state index >= 15 is 0 Å². The van der Waals surface area contributed by atoms with Gasteiger partial charge in [0.05, 0.1) is 23.3 Å². The van der Waals surface area contributed by atoms with Crippen LogP contribution in [0.4, 0.5) is 0 Å². The average molecular weight is 396 g/mol. The molecule has 7 heteroatoms. The number of pyridine rings is 1. The molecule has 2 aromatic rings. The van der Waals surface area contributed by atoms with Crippen LogP contribution >= 0.6 is 0 Å². The first kappa shape index (κ1) is 18.6. The van der Waals surface area contributed by atoms with Crippen LogP contribution in [0.2, 0.25) is 0 Å². The maximum atomic E-state index is 13.3. The number of nitrogens with one attached hydrogen (secondary N) is 1. The van der Waals surface area contributed by atoms with Crippen molar-refractivity contribution in [1.82, 2.24) is 24.8 Å². The lowest BCUT2D eigenvalue weighted by Gasteiger charge is -2.35. The smallest absolute Gasteiger partial charge is 0.226 e. The van der Waals surface area contributed by atoms with Crippen molar-refractivity contribution in [2.45, 2.75) is 57.4 Å². The number of carbonyl (C=O) groups excluding carboxylic acids is 2. The monoisotopic (exact) mass is 395 g/mol. The van der Waals surface area contributed by atoms with E-state index < -0.39 is 0 Å². The second-order valence-electron chi connectivity index (χ2n) is 8.79. The van der Waals surface area contributed by atoms with Gasteiger partial charge in [0.25, 0.3) is 0 Å². The van der Waals surface area contributed by atoms with Crippen molar-refractivity contribution in [3.8, 4) is 0 Å². The highest BCUT2D eigenvalue weighted by atomic mass is 16.2. The van der Waals surface area contributed by atoms with Gasteiger partial charge in [-0.05, 0) is 44.6 Å². The SMILES string of the molecule is O=C(C1CCCC1)N1CCC(C(=O)N2CCCC2c2nc3ccncc3[nH]2)CC1. The van der Waals surface area contributed by atoms with Crippen LogP contribution in [-0.2, 0) is 9.59 Å². The minimum atomic E-state index is 0.0213. The number of piperidine rings is 1. The third-order valence-corrected chi connectivity index (χ3v) is 7.01. The van der Waals surface area contributed by atoms with Crippen molar-refractivity contribution < 1.29 is 9.59 Å². The summed E-state index contributed by atoms with van der Waals surface area (Å²) in [6, 6.07) is 1.92. The normalized spacial score (nSPS) is 23.9. The molecule has 2 saturated heterocycles. The predicted octanol–water partition coefficient (Wildman–Crippen LogP) is 3.05. The molecule has 3 aliphatic rings. The molecular formula is C22H29N5O2. The molecule has 0 aromatic carbocycles. The molecule has 0 spiro atoms. The molecule has 2 aliphatic heterocycles. The fourth-order valence-corrected chi connectivity index (χ4v) is 5.36. The fraction of sp³-hybridized carbons (Fsp3) is 0.636. The molecule has 1 N–H and O–H groups in total. The van der Waals surface area contributed by atoms with Crippen LogP contribution in [0.15, 0.2) is 18.5 Å². The van der Waals surface area contributed by atoms with Crippen LogP contribution in [-0.4, -0.2) is 56.2 Å². The number of fused-ring (bicyclic) bond motifs is 1. The molecule has 1 atom stereocenters. The van der Waals surface area contributed by atoms with Gasteiger partial charge < -0.3 is 14.8 Å². The minimum Gasteiger partial charge on any atom is -0.342 e. The van der Waals surface area contributed by atoms with Gasteiger partial charge in [0, 0.05) is 37.7 Å². The Labute approximate surface area is 170 Å². The lowest BCUT2D eigenvalue weighted by molar-refractivity contribution is -0.143. The van der Waals surface area contributed by atoms with Gasteiger partial charge in [-0.1, -0.05) is 12.8 Å². The number of carbonyl (C=O) groups is 2. The van der Waals surface area contributed by atoms with Crippen molar-refractivity contribution in [2.24, 2.45) is 11.8 Å². The maximum Gasteiger partial charge on any atom is 0.226 e. The molecule has 0 bridgehead atoms. The summed E-state index contributed by atoms with van der Waals surface area (Å²) in [5.74, 6) is 1.68. The van der Waals surface area contributed by atoms with E-state index in [0.717, 1.165) is 75.0 Å². The van der Waals surface area contributed by atoms with Crippen molar-refractivity contribution in [3.63, 3.8) is 0 Å². The molecule has 3 fully saturated rings. The molecule has 1 unspecified atom stereocenters. The largest absolute Gasteiger partial charge is 0.342 e. The number of likely N-dealkylation sites (tertiary alicyclic amines) is 2. The van der Waals surface area contributed by atoms with E-state index in [0.29, 0.717) is 5.91 Å². The lowest BCUT2D eigenvalue weighted by Crippen LogP contribution is -2.45. The summed E-state index contributed by atoms with van der Waals surface area (Å²) < 4.78 is 0. The molecule has 0 radical (unpaired) electrons. The summed E-state index contributed by atoms with van der Waals surface area (Å²) in [5.41, 5.74) is 1.81. The molecule has 5 rings (SSSR count). The lowest BCUT2D eigenvalue weighted by atomic mass is 9.93. The number of imidazole rings is 1. The highest BCUT2D eigenvalue weighted by Gasteiger charge is 2.38. The van der Waals surface area contributed by atoms with Crippen molar-refractivity contribution in [1.29, 1.82) is 0 Å². The zero-order chi connectivity index (χ0) is 19.8. The van der Waals surface area contributed by atoms with Crippen LogP contribution in [0, 0.1) is 11.8 Å². The second kappa shape index (κ2) is 7.76. The Balaban J connectivity index is 1.24. The van der Waals surface area contributed by atoms with E-state index in [9.17, 15) is 9.59 Å². The molecule has 1 aliphatic carbocycles. The molecule has 2 amide bonds. The zero-order valence-corrected chi connectivity index (χ0v) is 16.8. The molecule has 4 heterocycles. The van der Waals surface area contributed by atoms with Gasteiger partial charge in [-0.25, -0.2) is 4.98 Å². The Morgan fingerprint density at radius 3 is 2.45 bits per heavy atom. The Bertz CT molecular complexity index is 862. The number of rotatable bonds is 3. The van der Waals surface area contributed by atoms with Gasteiger partial charge in [0.1, 0.15) is 5.82 Å². The van der Waals surface area contributed by atoms with E-state index in [4.69, 9.17) is 4.98 Å². The van der Waals surface area contributed by atoms with E-state index in [-0.39, 0.29) is 23.8 Å². The third-order valence-electron chi connectivity index (χ3n) is 7.01. The first-order valence-electron chi connectivity index (χ1n) is 11.1. The Morgan fingerprint density at radius 2 is 1.69 bits per heavy atom. The summed E-state index contributed by atoms with van der Waals surface area (Å²) in [6.45, 7) is 2.24. The Morgan fingerprint density at radius 1 is 0.931 bits per heavy atom. The molecule has 2 aromatic heterocycles. The summed E-state index contributed by atoms with van der Waals surface area (Å²) >= 11 is 0. The van der Waals surface area contributed by atoms with Gasteiger partial charge >= 0.3 is 0 Å². The third kappa shape index (κ3) is 3.51. The first-order valence-corrected chi connectivity index (χ1v) is 11.1. The average Bonchev–Trinajstić information content (AvgIpc) is 3.52. The molecule has 1 saturated carbocycles. The zero-order valence-electron chi connectivity index (χ0n) is 16.8. The topological polar surface area (TPSA) is 82.2 Å². The summed E-state index contributed by atoms with van der Waals surface area (Å²) in [7, 11) is 0.